The Labute approximate surface area is 196 Å². The summed E-state index contributed by atoms with van der Waals surface area (Å²) >= 11 is 0. The highest BCUT2D eigenvalue weighted by Gasteiger charge is 2.40. The van der Waals surface area contributed by atoms with Crippen LogP contribution >= 0.6 is 0 Å². The summed E-state index contributed by atoms with van der Waals surface area (Å²) in [6.07, 6.45) is 6.28. The van der Waals surface area contributed by atoms with Crippen molar-refractivity contribution in [3.63, 3.8) is 0 Å². The van der Waals surface area contributed by atoms with E-state index in [2.05, 4.69) is 15.1 Å². The molecule has 174 valence electrons. The fraction of sp³-hybridized carbons (Fsp3) is 0.292. The molecule has 3 aliphatic heterocycles. The number of amides is 1. The summed E-state index contributed by atoms with van der Waals surface area (Å²) in [7, 11) is 0. The van der Waals surface area contributed by atoms with E-state index in [0.29, 0.717) is 48.4 Å². The molecule has 1 fully saturated rings. The standard InChI is InChI=1S/C24H25N6O4/c1-2-33-24(32)18-8-4-10-29(14-18)23(31)17-7-3-6-16(12-17)19-15-30(25)21(13-26-19)27-22(28-30)20-9-5-11-34-20/h3,5-7,9,11-13,15,18H,2,4,8,10,14,25H2,1H3/q+1. The Bertz CT molecular complexity index is 1250. The number of rotatable bonds is 5. The van der Waals surface area contributed by atoms with Gasteiger partial charge in [-0.2, -0.15) is 4.99 Å². The highest BCUT2D eigenvalue weighted by molar-refractivity contribution is 6.32. The van der Waals surface area contributed by atoms with Gasteiger partial charge in [-0.05, 0) is 53.8 Å². The Hall–Kier alpha value is -3.89. The van der Waals surface area contributed by atoms with E-state index < -0.39 is 0 Å². The van der Waals surface area contributed by atoms with Gasteiger partial charge in [0.05, 0.1) is 18.8 Å². The highest BCUT2D eigenvalue weighted by Crippen LogP contribution is 2.28. The molecule has 2 N–H and O–H groups in total. The number of esters is 1. The van der Waals surface area contributed by atoms with Crippen molar-refractivity contribution in [2.24, 2.45) is 26.8 Å². The van der Waals surface area contributed by atoms with Crippen LogP contribution in [0.1, 0.15) is 41.4 Å². The van der Waals surface area contributed by atoms with Crippen LogP contribution < -0.4 is 5.84 Å². The van der Waals surface area contributed by atoms with Crippen LogP contribution in [0.2, 0.25) is 0 Å². The number of benzene rings is 1. The third kappa shape index (κ3) is 4.09. The second kappa shape index (κ2) is 8.81. The van der Waals surface area contributed by atoms with E-state index >= 15 is 0 Å². The fourth-order valence-electron chi connectivity index (χ4n) is 4.25. The first-order valence-electron chi connectivity index (χ1n) is 11.2. The second-order valence-corrected chi connectivity index (χ2v) is 8.30. The summed E-state index contributed by atoms with van der Waals surface area (Å²) < 4.78 is 10.1. The van der Waals surface area contributed by atoms with E-state index in [4.69, 9.17) is 15.0 Å². The lowest BCUT2D eigenvalue weighted by Gasteiger charge is -2.31. The van der Waals surface area contributed by atoms with Gasteiger partial charge in [-0.3, -0.25) is 9.59 Å². The van der Waals surface area contributed by atoms with E-state index in [1.54, 1.807) is 60.8 Å². The maximum Gasteiger partial charge on any atom is 0.310 e. The molecule has 1 aromatic heterocycles. The summed E-state index contributed by atoms with van der Waals surface area (Å²) in [6.45, 7) is 3.08. The van der Waals surface area contributed by atoms with Crippen molar-refractivity contribution < 1.29 is 23.4 Å². The van der Waals surface area contributed by atoms with Gasteiger partial charge in [0, 0.05) is 24.2 Å². The number of furan rings is 1. The average Bonchev–Trinajstić information content (AvgIpc) is 3.51. The maximum atomic E-state index is 13.2. The minimum Gasteiger partial charge on any atom is -0.466 e. The Balaban J connectivity index is 1.37. The molecule has 34 heavy (non-hydrogen) atoms. The normalized spacial score (nSPS) is 23.6. The number of piperidine rings is 1. The van der Waals surface area contributed by atoms with Crippen molar-refractivity contribution in [1.29, 1.82) is 0 Å². The van der Waals surface area contributed by atoms with Crippen molar-refractivity contribution >= 4 is 35.5 Å². The quantitative estimate of drug-likeness (QED) is 0.416. The van der Waals surface area contributed by atoms with Gasteiger partial charge < -0.3 is 14.1 Å². The zero-order chi connectivity index (χ0) is 23.7. The van der Waals surface area contributed by atoms with Gasteiger partial charge in [0.25, 0.3) is 17.6 Å². The number of nitrogens with zero attached hydrogens (tertiary/aromatic N) is 5. The minimum atomic E-state index is -0.389. The number of nitrogens with two attached hydrogens (primary N) is 1. The molecule has 1 amide bonds. The number of ether oxygens (including phenoxy) is 1. The molecule has 2 unspecified atom stereocenters. The lowest BCUT2D eigenvalue weighted by Crippen LogP contribution is -2.50. The third-order valence-corrected chi connectivity index (χ3v) is 5.96. The molecule has 0 radical (unpaired) electrons. The number of quaternary nitrogens is 1. The topological polar surface area (TPSA) is 123 Å². The predicted molar refractivity (Wildman–Crippen MR) is 125 cm³/mol. The fourth-order valence-corrected chi connectivity index (χ4v) is 4.25. The van der Waals surface area contributed by atoms with Gasteiger partial charge in [0.15, 0.2) is 12.0 Å². The van der Waals surface area contributed by atoms with Gasteiger partial charge in [-0.25, -0.2) is 4.99 Å². The van der Waals surface area contributed by atoms with Crippen molar-refractivity contribution in [3.8, 4) is 0 Å². The van der Waals surface area contributed by atoms with Crippen molar-refractivity contribution in [2.45, 2.75) is 19.8 Å². The van der Waals surface area contributed by atoms with Crippen molar-refractivity contribution in [2.75, 3.05) is 19.7 Å². The van der Waals surface area contributed by atoms with E-state index in [0.717, 1.165) is 18.4 Å². The number of aliphatic imine (C=N–C) groups is 2. The molecule has 10 heteroatoms. The van der Waals surface area contributed by atoms with Crippen LogP contribution in [-0.4, -0.2) is 59.1 Å². The van der Waals surface area contributed by atoms with Crippen LogP contribution in [0.5, 0.6) is 0 Å². The van der Waals surface area contributed by atoms with Crippen molar-refractivity contribution in [3.05, 3.63) is 65.7 Å². The zero-order valence-corrected chi connectivity index (χ0v) is 18.8. The molecular weight excluding hydrogens is 436 g/mol. The predicted octanol–water partition coefficient (Wildman–Crippen LogP) is 2.54. The number of carbonyl (C=O) groups excluding carboxylic acids is 2. The number of fused-ring (bicyclic) bond motifs is 1. The zero-order valence-electron chi connectivity index (χ0n) is 18.8. The number of hydrogen-bond acceptors (Lipinski definition) is 8. The monoisotopic (exact) mass is 461 g/mol. The van der Waals surface area contributed by atoms with Gasteiger partial charge in [-0.1, -0.05) is 12.1 Å². The Morgan fingerprint density at radius 1 is 1.29 bits per heavy atom. The van der Waals surface area contributed by atoms with E-state index in [1.165, 1.54) is 0 Å². The molecule has 0 bridgehead atoms. The van der Waals surface area contributed by atoms with Crippen LogP contribution in [0, 0.1) is 5.92 Å². The summed E-state index contributed by atoms with van der Waals surface area (Å²) in [5.41, 5.74) is 1.82. The largest absolute Gasteiger partial charge is 0.466 e. The van der Waals surface area contributed by atoms with Gasteiger partial charge in [0.1, 0.15) is 11.9 Å². The lowest BCUT2D eigenvalue weighted by atomic mass is 9.97. The maximum absolute atomic E-state index is 13.2. The molecule has 0 spiro atoms. The number of likely N-dealkylation sites (tertiary alicyclic amines) is 1. The van der Waals surface area contributed by atoms with Crippen LogP contribution in [-0.2, 0) is 9.53 Å². The van der Waals surface area contributed by atoms with Crippen LogP contribution in [0.15, 0.2) is 68.4 Å². The summed E-state index contributed by atoms with van der Waals surface area (Å²) in [6, 6.07) is 10.7. The van der Waals surface area contributed by atoms with Crippen LogP contribution in [0.25, 0.3) is 5.70 Å². The Morgan fingerprint density at radius 2 is 2.18 bits per heavy atom. The Morgan fingerprint density at radius 3 is 2.97 bits per heavy atom. The van der Waals surface area contributed by atoms with Crippen molar-refractivity contribution in [1.82, 2.24) is 4.90 Å². The number of amidine groups is 2. The summed E-state index contributed by atoms with van der Waals surface area (Å²) in [5.74, 6) is 7.16. The van der Waals surface area contributed by atoms with Gasteiger partial charge in [0.2, 0.25) is 0 Å². The van der Waals surface area contributed by atoms with Crippen LogP contribution in [0.3, 0.4) is 0 Å². The van der Waals surface area contributed by atoms with Crippen LogP contribution in [0.4, 0.5) is 0 Å². The van der Waals surface area contributed by atoms with Gasteiger partial charge >= 0.3 is 5.97 Å². The molecule has 1 aromatic carbocycles. The average molecular weight is 462 g/mol. The van der Waals surface area contributed by atoms with Gasteiger partial charge in [-0.15, -0.1) is 5.84 Å². The smallest absolute Gasteiger partial charge is 0.310 e. The van der Waals surface area contributed by atoms with E-state index in [1.807, 2.05) is 6.07 Å². The molecule has 2 atom stereocenters. The molecular formula is C24H25N6O4+. The first kappa shape index (κ1) is 21.9. The number of hydrogen-bond donors (Lipinski definition) is 1. The molecule has 5 rings (SSSR count). The highest BCUT2D eigenvalue weighted by atomic mass is 16.5. The molecule has 1 saturated heterocycles. The summed E-state index contributed by atoms with van der Waals surface area (Å²) in [4.78, 5) is 36.0. The first-order chi connectivity index (χ1) is 16.5. The third-order valence-electron chi connectivity index (χ3n) is 5.96. The van der Waals surface area contributed by atoms with E-state index in [-0.39, 0.29) is 22.5 Å². The molecule has 3 aliphatic rings. The minimum absolute atomic E-state index is 0.130. The lowest BCUT2D eigenvalue weighted by molar-refractivity contribution is -0.802. The second-order valence-electron chi connectivity index (χ2n) is 8.30. The van der Waals surface area contributed by atoms with E-state index in [9.17, 15) is 9.59 Å². The molecule has 2 aromatic rings. The first-order valence-corrected chi connectivity index (χ1v) is 11.2. The molecule has 10 nitrogen and oxygen atoms in total. The Kier molecular flexibility index (Phi) is 5.68. The molecule has 0 saturated carbocycles. The SMILES string of the molecule is CCOC(=O)C1CCCN(C(=O)c2cccc(C3=C[N+]4(N)N=C(c5ccco5)N=C4C=N3)c2)C1. The summed E-state index contributed by atoms with van der Waals surface area (Å²) in [5, 5.41) is 4.48. The number of carbonyl (C=O) groups is 2. The molecule has 4 heterocycles. The molecule has 0 aliphatic carbocycles.